The Bertz CT molecular complexity index is 688. The number of ether oxygens (including phenoxy) is 2. The van der Waals surface area contributed by atoms with Crippen LogP contribution in [0.3, 0.4) is 0 Å². The molecule has 2 rings (SSSR count). The van der Waals surface area contributed by atoms with Crippen molar-refractivity contribution in [1.82, 2.24) is 0 Å². The lowest BCUT2D eigenvalue weighted by molar-refractivity contribution is -0.144. The van der Waals surface area contributed by atoms with E-state index in [4.69, 9.17) is 0 Å². The summed E-state index contributed by atoms with van der Waals surface area (Å²) in [5, 5.41) is 0. The van der Waals surface area contributed by atoms with E-state index in [-0.39, 0.29) is 116 Å². The highest BCUT2D eigenvalue weighted by atomic mass is 24.3. The van der Waals surface area contributed by atoms with Gasteiger partial charge in [0, 0.05) is 0 Å². The number of benzene rings is 2. The van der Waals surface area contributed by atoms with Gasteiger partial charge in [-0.3, -0.25) is 9.59 Å². The van der Waals surface area contributed by atoms with Gasteiger partial charge in [-0.2, -0.15) is 0 Å². The molecule has 0 aliphatic carbocycles. The molecule has 0 N–H and O–H groups in total. The zero-order chi connectivity index (χ0) is 17.4. The summed E-state index contributed by atoms with van der Waals surface area (Å²) < 4.78 is 9.21. The number of carbonyl (C=O) groups is 4. The van der Waals surface area contributed by atoms with Crippen LogP contribution >= 0.6 is 0 Å². The highest BCUT2D eigenvalue weighted by molar-refractivity contribution is 5.99. The van der Waals surface area contributed by atoms with Crippen LogP contribution in [0.5, 0.6) is 0 Å². The SMILES string of the molecule is O=C(CCC(=O)OC(=O)c1ccccc1)OC(=O)c1ccccc1.[MgH2].[MgH2].[MgH2].[MgH2]. The largest absolute Gasteiger partial charge is 0.389 e. The molecule has 0 atom stereocenters. The topological polar surface area (TPSA) is 86.7 Å². The second-order valence-corrected chi connectivity index (χ2v) is 4.76. The molecule has 10 heteroatoms. The Kier molecular flexibility index (Phi) is 20.4. The van der Waals surface area contributed by atoms with E-state index in [1.807, 2.05) is 0 Å². The molecule has 2 aromatic rings. The van der Waals surface area contributed by atoms with Crippen molar-refractivity contribution in [3.8, 4) is 0 Å². The van der Waals surface area contributed by atoms with Crippen molar-refractivity contribution in [1.29, 1.82) is 0 Å². The second-order valence-electron chi connectivity index (χ2n) is 4.76. The number of hydrogen-bond donors (Lipinski definition) is 0. The predicted molar refractivity (Wildman–Crippen MR) is 117 cm³/mol. The maximum atomic E-state index is 11.6. The summed E-state index contributed by atoms with van der Waals surface area (Å²) in [5.74, 6) is -3.33. The molecular formula is C18H22Mg4O6. The first-order valence-corrected chi connectivity index (χ1v) is 7.16. The van der Waals surface area contributed by atoms with E-state index in [0.717, 1.165) is 0 Å². The Morgan fingerprint density at radius 3 is 1.11 bits per heavy atom. The van der Waals surface area contributed by atoms with Crippen molar-refractivity contribution >= 4 is 116 Å². The molecule has 28 heavy (non-hydrogen) atoms. The summed E-state index contributed by atoms with van der Waals surface area (Å²) in [5.41, 5.74) is 0.459. The minimum Gasteiger partial charge on any atom is -0.389 e. The minimum atomic E-state index is -0.868. The van der Waals surface area contributed by atoms with E-state index >= 15 is 0 Å². The molecule has 0 radical (unpaired) electrons. The predicted octanol–water partition coefficient (Wildman–Crippen LogP) is -1.13. The minimum absolute atomic E-state index is 0. The first-order chi connectivity index (χ1) is 11.6. The maximum absolute atomic E-state index is 11.6. The molecule has 0 amide bonds. The van der Waals surface area contributed by atoms with E-state index in [2.05, 4.69) is 9.47 Å². The third kappa shape index (κ3) is 11.7. The Labute approximate surface area is 227 Å². The van der Waals surface area contributed by atoms with Crippen molar-refractivity contribution in [2.24, 2.45) is 0 Å². The van der Waals surface area contributed by atoms with Crippen LogP contribution in [0, 0.1) is 0 Å². The number of esters is 4. The maximum Gasteiger partial charge on any atom is 0.345 e. The van der Waals surface area contributed by atoms with Crippen molar-refractivity contribution in [3.63, 3.8) is 0 Å². The fourth-order valence-electron chi connectivity index (χ4n) is 1.78. The van der Waals surface area contributed by atoms with Gasteiger partial charge in [0.15, 0.2) is 0 Å². The highest BCUT2D eigenvalue weighted by Crippen LogP contribution is 2.06. The van der Waals surface area contributed by atoms with Gasteiger partial charge in [-0.25, -0.2) is 9.59 Å². The molecule has 0 aliphatic rings. The van der Waals surface area contributed by atoms with E-state index in [1.54, 1.807) is 36.4 Å². The third-order valence-corrected chi connectivity index (χ3v) is 2.97. The summed E-state index contributed by atoms with van der Waals surface area (Å²) in [6.45, 7) is 0. The van der Waals surface area contributed by atoms with Crippen LogP contribution in [0.4, 0.5) is 0 Å². The van der Waals surface area contributed by atoms with E-state index in [9.17, 15) is 19.2 Å². The van der Waals surface area contributed by atoms with Gasteiger partial charge in [0.2, 0.25) is 0 Å². The average Bonchev–Trinajstić information content (AvgIpc) is 2.61. The second kappa shape index (κ2) is 17.6. The molecule has 0 saturated heterocycles. The molecule has 0 aliphatic heterocycles. The highest BCUT2D eigenvalue weighted by Gasteiger charge is 2.17. The van der Waals surface area contributed by atoms with Crippen molar-refractivity contribution in [3.05, 3.63) is 71.8 Å². The normalized spacial score (nSPS) is 8.43. The van der Waals surface area contributed by atoms with E-state index < -0.39 is 23.9 Å². The quantitative estimate of drug-likeness (QED) is 0.338. The van der Waals surface area contributed by atoms with Crippen LogP contribution in [-0.2, 0) is 19.1 Å². The van der Waals surface area contributed by atoms with Gasteiger partial charge in [-0.1, -0.05) is 36.4 Å². The molecule has 0 saturated carbocycles. The number of rotatable bonds is 5. The molecule has 0 spiro atoms. The lowest BCUT2D eigenvalue weighted by Gasteiger charge is -2.04. The monoisotopic (exact) mass is 430 g/mol. The zero-order valence-electron chi connectivity index (χ0n) is 12.6. The molecule has 138 valence electrons. The Balaban J connectivity index is -0.00000156. The average molecular weight is 432 g/mol. The molecular weight excluding hydrogens is 409 g/mol. The van der Waals surface area contributed by atoms with Gasteiger partial charge in [-0.05, 0) is 24.3 Å². The molecule has 0 heterocycles. The van der Waals surface area contributed by atoms with E-state index in [0.29, 0.717) is 0 Å². The summed E-state index contributed by atoms with van der Waals surface area (Å²) in [7, 11) is 0. The van der Waals surface area contributed by atoms with Crippen LogP contribution in [-0.4, -0.2) is 116 Å². The standard InChI is InChI=1S/C18H14O6.4Mg.8H/c19-15(23-17(21)13-7-3-1-4-8-13)11-12-16(20)24-18(22)14-9-5-2-6-10-14;;;;;;;;;;;;/h1-10H,11-12H2;;;;;;;;;;;;. The molecule has 2 aromatic carbocycles. The number of carbonyl (C=O) groups excluding carboxylic acids is 4. The van der Waals surface area contributed by atoms with Gasteiger partial charge in [0.25, 0.3) is 0 Å². The van der Waals surface area contributed by atoms with Crippen LogP contribution < -0.4 is 0 Å². The summed E-state index contributed by atoms with van der Waals surface area (Å²) in [6.07, 6.45) is -0.723. The third-order valence-electron chi connectivity index (χ3n) is 2.97. The van der Waals surface area contributed by atoms with Crippen LogP contribution in [0.15, 0.2) is 60.7 Å². The van der Waals surface area contributed by atoms with Gasteiger partial charge < -0.3 is 9.47 Å². The van der Waals surface area contributed by atoms with Crippen LogP contribution in [0.25, 0.3) is 0 Å². The van der Waals surface area contributed by atoms with Gasteiger partial charge >= 0.3 is 116 Å². The molecule has 0 aromatic heterocycles. The zero-order valence-corrected chi connectivity index (χ0v) is 12.6. The van der Waals surface area contributed by atoms with E-state index in [1.165, 1.54) is 24.3 Å². The van der Waals surface area contributed by atoms with Crippen LogP contribution in [0.1, 0.15) is 33.6 Å². The molecule has 0 fully saturated rings. The molecule has 0 unspecified atom stereocenters. The Morgan fingerprint density at radius 1 is 0.536 bits per heavy atom. The Morgan fingerprint density at radius 2 is 0.821 bits per heavy atom. The number of hydrogen-bond acceptors (Lipinski definition) is 6. The molecule has 0 bridgehead atoms. The fourth-order valence-corrected chi connectivity index (χ4v) is 1.78. The summed E-state index contributed by atoms with van der Waals surface area (Å²) >= 11 is 0. The van der Waals surface area contributed by atoms with Crippen molar-refractivity contribution in [2.45, 2.75) is 12.8 Å². The molecule has 6 nitrogen and oxygen atoms in total. The van der Waals surface area contributed by atoms with Crippen LogP contribution in [0.2, 0.25) is 0 Å². The van der Waals surface area contributed by atoms with Crippen molar-refractivity contribution in [2.75, 3.05) is 0 Å². The lowest BCUT2D eigenvalue weighted by Crippen LogP contribution is -2.16. The van der Waals surface area contributed by atoms with Gasteiger partial charge in [0.1, 0.15) is 0 Å². The van der Waals surface area contributed by atoms with Gasteiger partial charge in [-0.15, -0.1) is 0 Å². The first kappa shape index (κ1) is 32.5. The lowest BCUT2D eigenvalue weighted by atomic mass is 10.2. The van der Waals surface area contributed by atoms with Crippen molar-refractivity contribution < 1.29 is 28.7 Å². The fraction of sp³-hybridized carbons (Fsp3) is 0.111. The summed E-state index contributed by atoms with van der Waals surface area (Å²) in [4.78, 5) is 46.4. The Hall–Kier alpha value is -0.215. The first-order valence-electron chi connectivity index (χ1n) is 7.16. The smallest absolute Gasteiger partial charge is 0.345 e. The van der Waals surface area contributed by atoms with Gasteiger partial charge in [0.05, 0.1) is 24.0 Å². The summed E-state index contributed by atoms with van der Waals surface area (Å²) in [6, 6.07) is 16.0.